The third-order valence-electron chi connectivity index (χ3n) is 2.16. The van der Waals surface area contributed by atoms with Crippen molar-refractivity contribution in [2.45, 2.75) is 0 Å². The number of halogens is 2. The first-order chi connectivity index (χ1) is 8.70. The summed E-state index contributed by atoms with van der Waals surface area (Å²) < 4.78 is 18.7. The smallest absolute Gasteiger partial charge is 0.223 e. The van der Waals surface area contributed by atoms with E-state index in [1.54, 1.807) is 24.3 Å². The largest absolute Gasteiger partial charge is 0.481 e. The SMILES string of the molecule is C#CCOc1ccc(-c2nc(Cl)ncc2F)cc1. The van der Waals surface area contributed by atoms with Gasteiger partial charge >= 0.3 is 0 Å². The number of ether oxygens (including phenoxy) is 1. The minimum Gasteiger partial charge on any atom is -0.481 e. The molecule has 90 valence electrons. The van der Waals surface area contributed by atoms with Crippen LogP contribution < -0.4 is 4.74 Å². The molecule has 0 spiro atoms. The summed E-state index contributed by atoms with van der Waals surface area (Å²) >= 11 is 5.63. The topological polar surface area (TPSA) is 35.0 Å². The standard InChI is InChI=1S/C13H8ClFN2O/c1-2-7-18-10-5-3-9(4-6-10)12-11(15)8-16-13(14)17-12/h1,3-6,8H,7H2. The number of benzene rings is 1. The van der Waals surface area contributed by atoms with Crippen molar-refractivity contribution in [3.8, 4) is 29.4 Å². The molecule has 3 nitrogen and oxygen atoms in total. The summed E-state index contributed by atoms with van der Waals surface area (Å²) in [7, 11) is 0. The van der Waals surface area contributed by atoms with Gasteiger partial charge in [0, 0.05) is 5.56 Å². The molecule has 0 aliphatic carbocycles. The molecule has 0 bridgehead atoms. The van der Waals surface area contributed by atoms with Crippen molar-refractivity contribution < 1.29 is 9.13 Å². The second kappa shape index (κ2) is 5.48. The van der Waals surface area contributed by atoms with E-state index in [9.17, 15) is 4.39 Å². The molecule has 0 fully saturated rings. The fourth-order valence-corrected chi connectivity index (χ4v) is 1.52. The van der Waals surface area contributed by atoms with Gasteiger partial charge in [-0.25, -0.2) is 14.4 Å². The maximum absolute atomic E-state index is 13.5. The van der Waals surface area contributed by atoms with Crippen molar-refractivity contribution >= 4 is 11.6 Å². The van der Waals surface area contributed by atoms with Crippen LogP contribution in [-0.4, -0.2) is 16.6 Å². The first-order valence-electron chi connectivity index (χ1n) is 5.05. The zero-order valence-electron chi connectivity index (χ0n) is 9.23. The van der Waals surface area contributed by atoms with Gasteiger partial charge in [-0.05, 0) is 35.9 Å². The van der Waals surface area contributed by atoms with Crippen LogP contribution in [0.3, 0.4) is 0 Å². The van der Waals surface area contributed by atoms with Crippen LogP contribution in [0.15, 0.2) is 30.5 Å². The Hall–Kier alpha value is -2.12. The summed E-state index contributed by atoms with van der Waals surface area (Å²) in [6.07, 6.45) is 6.11. The second-order valence-corrected chi connectivity index (χ2v) is 3.69. The number of nitrogens with zero attached hydrogens (tertiary/aromatic N) is 2. The Bertz CT molecular complexity index is 593. The monoisotopic (exact) mass is 262 g/mol. The predicted molar refractivity (Wildman–Crippen MR) is 66.8 cm³/mol. The molecule has 2 aromatic rings. The van der Waals surface area contributed by atoms with Gasteiger partial charge in [-0.15, -0.1) is 6.42 Å². The number of rotatable bonds is 3. The fourth-order valence-electron chi connectivity index (χ4n) is 1.38. The normalized spacial score (nSPS) is 9.83. The number of hydrogen-bond acceptors (Lipinski definition) is 3. The number of aromatic nitrogens is 2. The minimum atomic E-state index is -0.531. The summed E-state index contributed by atoms with van der Waals surface area (Å²) in [5.41, 5.74) is 0.739. The molecule has 1 heterocycles. The van der Waals surface area contributed by atoms with Gasteiger partial charge in [0.2, 0.25) is 5.28 Å². The Kier molecular flexibility index (Phi) is 3.75. The molecule has 0 unspecified atom stereocenters. The lowest BCUT2D eigenvalue weighted by Gasteiger charge is -2.05. The minimum absolute atomic E-state index is 0.000872. The Morgan fingerprint density at radius 3 is 2.72 bits per heavy atom. The Balaban J connectivity index is 2.29. The molecule has 0 atom stereocenters. The van der Waals surface area contributed by atoms with Crippen LogP contribution in [0.5, 0.6) is 5.75 Å². The van der Waals surface area contributed by atoms with Crippen LogP contribution in [0, 0.1) is 18.2 Å². The average molecular weight is 263 g/mol. The van der Waals surface area contributed by atoms with E-state index < -0.39 is 5.82 Å². The third-order valence-corrected chi connectivity index (χ3v) is 2.35. The van der Waals surface area contributed by atoms with Crippen LogP contribution in [0.1, 0.15) is 0 Å². The molecular formula is C13H8ClFN2O. The lowest BCUT2D eigenvalue weighted by Crippen LogP contribution is -1.95. The van der Waals surface area contributed by atoms with E-state index in [0.29, 0.717) is 11.3 Å². The van der Waals surface area contributed by atoms with E-state index in [0.717, 1.165) is 6.20 Å². The van der Waals surface area contributed by atoms with Crippen molar-refractivity contribution in [1.29, 1.82) is 0 Å². The van der Waals surface area contributed by atoms with Gasteiger partial charge in [-0.3, -0.25) is 0 Å². The first-order valence-corrected chi connectivity index (χ1v) is 5.43. The predicted octanol–water partition coefficient (Wildman–Crippen LogP) is 2.95. The highest BCUT2D eigenvalue weighted by Gasteiger charge is 2.08. The summed E-state index contributed by atoms with van der Waals surface area (Å²) in [5.74, 6) is 2.44. The molecule has 1 aromatic carbocycles. The molecule has 1 aromatic heterocycles. The van der Waals surface area contributed by atoms with Gasteiger partial charge in [0.1, 0.15) is 18.1 Å². The highest BCUT2D eigenvalue weighted by Crippen LogP contribution is 2.23. The Morgan fingerprint density at radius 1 is 1.33 bits per heavy atom. The number of terminal acetylenes is 1. The Labute approximate surface area is 109 Å². The summed E-state index contributed by atoms with van der Waals surface area (Å²) in [4.78, 5) is 7.40. The van der Waals surface area contributed by atoms with Gasteiger partial charge in [0.05, 0.1) is 6.20 Å². The van der Waals surface area contributed by atoms with Crippen LogP contribution in [0.25, 0.3) is 11.3 Å². The maximum Gasteiger partial charge on any atom is 0.223 e. The zero-order chi connectivity index (χ0) is 13.0. The van der Waals surface area contributed by atoms with E-state index >= 15 is 0 Å². The lowest BCUT2D eigenvalue weighted by molar-refractivity contribution is 0.370. The molecule has 0 N–H and O–H groups in total. The third kappa shape index (κ3) is 2.76. The quantitative estimate of drug-likeness (QED) is 0.630. The first kappa shape index (κ1) is 12.3. The van der Waals surface area contributed by atoms with E-state index in [2.05, 4.69) is 15.9 Å². The molecule has 0 amide bonds. The number of hydrogen-bond donors (Lipinski definition) is 0. The molecular weight excluding hydrogens is 255 g/mol. The molecule has 5 heteroatoms. The maximum atomic E-state index is 13.5. The highest BCUT2D eigenvalue weighted by atomic mass is 35.5. The van der Waals surface area contributed by atoms with Crippen LogP contribution in [0.2, 0.25) is 5.28 Å². The van der Waals surface area contributed by atoms with E-state index in [1.807, 2.05) is 0 Å². The van der Waals surface area contributed by atoms with Gasteiger partial charge in [0.15, 0.2) is 5.82 Å². The van der Waals surface area contributed by atoms with Crippen LogP contribution in [0.4, 0.5) is 4.39 Å². The zero-order valence-corrected chi connectivity index (χ0v) is 9.99. The molecule has 0 radical (unpaired) electrons. The summed E-state index contributed by atoms with van der Waals surface area (Å²) in [6.45, 7) is 0.188. The van der Waals surface area contributed by atoms with Gasteiger partial charge in [0.25, 0.3) is 0 Å². The molecule has 18 heavy (non-hydrogen) atoms. The molecule has 0 aliphatic heterocycles. The summed E-state index contributed by atoms with van der Waals surface area (Å²) in [6, 6.07) is 6.71. The van der Waals surface area contributed by atoms with E-state index in [4.69, 9.17) is 22.8 Å². The van der Waals surface area contributed by atoms with Crippen molar-refractivity contribution in [1.82, 2.24) is 9.97 Å². The van der Waals surface area contributed by atoms with E-state index in [1.165, 1.54) is 0 Å². The van der Waals surface area contributed by atoms with Crippen molar-refractivity contribution in [3.05, 3.63) is 41.6 Å². The summed E-state index contributed by atoms with van der Waals surface area (Å²) in [5, 5.41) is -0.000872. The van der Waals surface area contributed by atoms with Crippen LogP contribution in [-0.2, 0) is 0 Å². The van der Waals surface area contributed by atoms with E-state index in [-0.39, 0.29) is 17.6 Å². The lowest BCUT2D eigenvalue weighted by atomic mass is 10.1. The van der Waals surface area contributed by atoms with Gasteiger partial charge < -0.3 is 4.74 Å². The van der Waals surface area contributed by atoms with Gasteiger partial charge in [-0.2, -0.15) is 0 Å². The van der Waals surface area contributed by atoms with Crippen molar-refractivity contribution in [2.75, 3.05) is 6.61 Å². The highest BCUT2D eigenvalue weighted by molar-refractivity contribution is 6.28. The molecule has 0 saturated heterocycles. The molecule has 0 aliphatic rings. The van der Waals surface area contributed by atoms with Crippen molar-refractivity contribution in [2.24, 2.45) is 0 Å². The fraction of sp³-hybridized carbons (Fsp3) is 0.0769. The molecule has 0 saturated carbocycles. The molecule has 2 rings (SSSR count). The van der Waals surface area contributed by atoms with Crippen LogP contribution >= 0.6 is 11.6 Å². The van der Waals surface area contributed by atoms with Gasteiger partial charge in [-0.1, -0.05) is 5.92 Å². The second-order valence-electron chi connectivity index (χ2n) is 3.35. The average Bonchev–Trinajstić information content (AvgIpc) is 2.40. The van der Waals surface area contributed by atoms with Crippen molar-refractivity contribution in [3.63, 3.8) is 0 Å². The Morgan fingerprint density at radius 2 is 2.06 bits per heavy atom.